The van der Waals surface area contributed by atoms with E-state index in [4.69, 9.17) is 5.11 Å². The summed E-state index contributed by atoms with van der Waals surface area (Å²) in [6.45, 7) is 4.64. The molecule has 5 heteroatoms. The molecule has 0 saturated carbocycles. The molecule has 2 aliphatic rings. The molecule has 1 amide bonds. The molecule has 0 aromatic heterocycles. The van der Waals surface area contributed by atoms with Gasteiger partial charge in [0.15, 0.2) is 0 Å². The highest BCUT2D eigenvalue weighted by Crippen LogP contribution is 2.39. The highest BCUT2D eigenvalue weighted by Gasteiger charge is 2.42. The Hall–Kier alpha value is -1.88. The molecular formula is C19H26N2O3. The molecule has 0 radical (unpaired) electrons. The van der Waals surface area contributed by atoms with Crippen LogP contribution in [0.4, 0.5) is 0 Å². The lowest BCUT2D eigenvalue weighted by Crippen LogP contribution is -2.47. The number of carbonyl (C=O) groups is 2. The molecule has 130 valence electrons. The first-order valence-electron chi connectivity index (χ1n) is 8.82. The van der Waals surface area contributed by atoms with Crippen LogP contribution in [0.1, 0.15) is 37.7 Å². The van der Waals surface area contributed by atoms with Gasteiger partial charge in [-0.05, 0) is 31.4 Å². The van der Waals surface area contributed by atoms with Gasteiger partial charge in [0, 0.05) is 38.0 Å². The van der Waals surface area contributed by atoms with E-state index in [1.165, 1.54) is 12.0 Å². The van der Waals surface area contributed by atoms with Crippen molar-refractivity contribution in [3.8, 4) is 0 Å². The summed E-state index contributed by atoms with van der Waals surface area (Å²) >= 11 is 0. The highest BCUT2D eigenvalue weighted by molar-refractivity contribution is 5.80. The molecule has 2 heterocycles. The van der Waals surface area contributed by atoms with Crippen molar-refractivity contribution in [1.29, 1.82) is 0 Å². The Morgan fingerprint density at radius 2 is 1.83 bits per heavy atom. The van der Waals surface area contributed by atoms with Crippen molar-refractivity contribution in [3.63, 3.8) is 0 Å². The van der Waals surface area contributed by atoms with Crippen LogP contribution in [0.3, 0.4) is 0 Å². The summed E-state index contributed by atoms with van der Waals surface area (Å²) in [6, 6.07) is 10.5. The second-order valence-corrected chi connectivity index (χ2v) is 7.26. The number of hydrogen-bond acceptors (Lipinski definition) is 3. The molecule has 1 aromatic rings. The summed E-state index contributed by atoms with van der Waals surface area (Å²) in [6.07, 6.45) is 3.38. The van der Waals surface area contributed by atoms with Crippen molar-refractivity contribution >= 4 is 11.9 Å². The van der Waals surface area contributed by atoms with E-state index in [-0.39, 0.29) is 24.2 Å². The minimum Gasteiger partial charge on any atom is -0.481 e. The van der Waals surface area contributed by atoms with Gasteiger partial charge in [0.25, 0.3) is 0 Å². The number of carboxylic acid groups (broad SMARTS) is 1. The third-order valence-electron chi connectivity index (χ3n) is 5.33. The Labute approximate surface area is 143 Å². The monoisotopic (exact) mass is 330 g/mol. The van der Waals surface area contributed by atoms with Gasteiger partial charge in [-0.2, -0.15) is 0 Å². The van der Waals surface area contributed by atoms with E-state index >= 15 is 0 Å². The molecular weight excluding hydrogens is 304 g/mol. The first-order chi connectivity index (χ1) is 11.6. The number of carbonyl (C=O) groups excluding carboxylic acids is 1. The highest BCUT2D eigenvalue weighted by atomic mass is 16.4. The van der Waals surface area contributed by atoms with E-state index in [2.05, 4.69) is 29.2 Å². The molecule has 2 saturated heterocycles. The van der Waals surface area contributed by atoms with Crippen molar-refractivity contribution in [2.75, 3.05) is 26.2 Å². The number of hydrogen-bond donors (Lipinski definition) is 1. The van der Waals surface area contributed by atoms with Crippen LogP contribution < -0.4 is 0 Å². The Morgan fingerprint density at radius 3 is 2.58 bits per heavy atom. The summed E-state index contributed by atoms with van der Waals surface area (Å²) in [4.78, 5) is 27.3. The zero-order chi connectivity index (χ0) is 17.0. The first-order valence-corrected chi connectivity index (χ1v) is 8.82. The van der Waals surface area contributed by atoms with E-state index in [0.717, 1.165) is 45.6 Å². The number of nitrogens with zero attached hydrogens (tertiary/aromatic N) is 2. The minimum atomic E-state index is -0.898. The predicted molar refractivity (Wildman–Crippen MR) is 91.5 cm³/mol. The number of piperidine rings is 1. The number of likely N-dealkylation sites (tertiary alicyclic amines) is 2. The van der Waals surface area contributed by atoms with Crippen LogP contribution in [0.5, 0.6) is 0 Å². The van der Waals surface area contributed by atoms with Gasteiger partial charge in [0.1, 0.15) is 0 Å². The zero-order valence-electron chi connectivity index (χ0n) is 14.1. The van der Waals surface area contributed by atoms with E-state index in [0.29, 0.717) is 0 Å². The normalized spacial score (nSPS) is 24.4. The smallest absolute Gasteiger partial charge is 0.303 e. The average Bonchev–Trinajstić information content (AvgIpc) is 2.95. The average molecular weight is 330 g/mol. The summed E-state index contributed by atoms with van der Waals surface area (Å²) < 4.78 is 0. The molecule has 24 heavy (non-hydrogen) atoms. The standard InChI is InChI=1S/C19H26N2O3/c22-17(7-8-18(23)24)21-11-4-9-19(15-21)10-12-20(14-19)13-16-5-2-1-3-6-16/h1-3,5-6H,4,7-15H2,(H,23,24). The van der Waals surface area contributed by atoms with Crippen LogP contribution in [0, 0.1) is 5.41 Å². The van der Waals surface area contributed by atoms with Crippen LogP contribution in [0.2, 0.25) is 0 Å². The van der Waals surface area contributed by atoms with Crippen LogP contribution in [0.15, 0.2) is 30.3 Å². The molecule has 0 bridgehead atoms. The molecule has 1 aromatic carbocycles. The third-order valence-corrected chi connectivity index (χ3v) is 5.33. The molecule has 5 nitrogen and oxygen atoms in total. The third kappa shape index (κ3) is 4.15. The molecule has 1 atom stereocenters. The van der Waals surface area contributed by atoms with Crippen molar-refractivity contribution in [1.82, 2.24) is 9.80 Å². The fourth-order valence-corrected chi connectivity index (χ4v) is 4.13. The number of rotatable bonds is 5. The molecule has 3 rings (SSSR count). The maximum Gasteiger partial charge on any atom is 0.303 e. The maximum absolute atomic E-state index is 12.3. The van der Waals surface area contributed by atoms with Crippen molar-refractivity contribution in [2.24, 2.45) is 5.41 Å². The van der Waals surface area contributed by atoms with Gasteiger partial charge in [0.05, 0.1) is 6.42 Å². The van der Waals surface area contributed by atoms with E-state index < -0.39 is 5.97 Å². The topological polar surface area (TPSA) is 60.9 Å². The van der Waals surface area contributed by atoms with Crippen LogP contribution in [0.25, 0.3) is 0 Å². The van der Waals surface area contributed by atoms with Gasteiger partial charge < -0.3 is 10.0 Å². The van der Waals surface area contributed by atoms with Gasteiger partial charge >= 0.3 is 5.97 Å². The van der Waals surface area contributed by atoms with E-state index in [1.54, 1.807) is 0 Å². The SMILES string of the molecule is O=C(O)CCC(=O)N1CCCC2(CCN(Cc3ccccc3)C2)C1. The molecule has 1 unspecified atom stereocenters. The van der Waals surface area contributed by atoms with Crippen molar-refractivity contribution < 1.29 is 14.7 Å². The number of carboxylic acids is 1. The lowest BCUT2D eigenvalue weighted by molar-refractivity contribution is -0.142. The quantitative estimate of drug-likeness (QED) is 0.900. The Balaban J connectivity index is 1.56. The van der Waals surface area contributed by atoms with Crippen LogP contribution in [-0.4, -0.2) is 53.0 Å². The summed E-state index contributed by atoms with van der Waals surface area (Å²) in [5.41, 5.74) is 1.53. The van der Waals surface area contributed by atoms with Gasteiger partial charge in [0.2, 0.25) is 5.91 Å². The van der Waals surface area contributed by atoms with E-state index in [1.807, 2.05) is 11.0 Å². The predicted octanol–water partition coefficient (Wildman–Crippen LogP) is 2.37. The first kappa shape index (κ1) is 17.0. The number of amides is 1. The Kier molecular flexibility index (Phi) is 5.19. The van der Waals surface area contributed by atoms with Crippen molar-refractivity contribution in [3.05, 3.63) is 35.9 Å². The van der Waals surface area contributed by atoms with E-state index in [9.17, 15) is 9.59 Å². The minimum absolute atomic E-state index is 0.00187. The molecule has 0 aliphatic carbocycles. The Morgan fingerprint density at radius 1 is 1.04 bits per heavy atom. The number of benzene rings is 1. The molecule has 1 N–H and O–H groups in total. The van der Waals surface area contributed by atoms with Gasteiger partial charge in [-0.15, -0.1) is 0 Å². The second kappa shape index (κ2) is 7.34. The van der Waals surface area contributed by atoms with Gasteiger partial charge in [-0.25, -0.2) is 0 Å². The lowest BCUT2D eigenvalue weighted by atomic mass is 9.79. The maximum atomic E-state index is 12.3. The van der Waals surface area contributed by atoms with Crippen LogP contribution in [-0.2, 0) is 16.1 Å². The van der Waals surface area contributed by atoms with Crippen molar-refractivity contribution in [2.45, 2.75) is 38.6 Å². The summed E-state index contributed by atoms with van der Waals surface area (Å²) in [5.74, 6) is -0.900. The Bertz CT molecular complexity index is 590. The van der Waals surface area contributed by atoms with Crippen LogP contribution >= 0.6 is 0 Å². The largest absolute Gasteiger partial charge is 0.481 e. The van der Waals surface area contributed by atoms with Gasteiger partial charge in [-0.3, -0.25) is 14.5 Å². The zero-order valence-corrected chi connectivity index (χ0v) is 14.1. The van der Waals surface area contributed by atoms with Gasteiger partial charge in [-0.1, -0.05) is 30.3 Å². The lowest BCUT2D eigenvalue weighted by Gasteiger charge is -2.40. The molecule has 2 aliphatic heterocycles. The number of aliphatic carboxylic acids is 1. The fourth-order valence-electron chi connectivity index (χ4n) is 4.13. The fraction of sp³-hybridized carbons (Fsp3) is 0.579. The summed E-state index contributed by atoms with van der Waals surface area (Å²) in [5, 5.41) is 8.76. The second-order valence-electron chi connectivity index (χ2n) is 7.26. The summed E-state index contributed by atoms with van der Waals surface area (Å²) in [7, 11) is 0. The molecule has 2 fully saturated rings. The molecule has 1 spiro atoms.